The molecule has 2 aromatic heterocycles. The third kappa shape index (κ3) is 6.02. The summed E-state index contributed by atoms with van der Waals surface area (Å²) in [4.78, 5) is 20.3. The summed E-state index contributed by atoms with van der Waals surface area (Å²) in [5, 5.41) is 5.01. The molecule has 7 nitrogen and oxygen atoms in total. The Balaban J connectivity index is 1.91. The molecule has 38 heavy (non-hydrogen) atoms. The van der Waals surface area contributed by atoms with Crippen molar-refractivity contribution in [2.24, 2.45) is 5.41 Å². The number of aromatic nitrogens is 3. The van der Waals surface area contributed by atoms with Gasteiger partial charge in [-0.2, -0.15) is 9.61 Å². The van der Waals surface area contributed by atoms with E-state index in [4.69, 9.17) is 19.6 Å². The topological polar surface area (TPSA) is 69.0 Å². The van der Waals surface area contributed by atoms with Crippen LogP contribution in [-0.2, 0) is 14.3 Å². The van der Waals surface area contributed by atoms with E-state index in [0.717, 1.165) is 53.1 Å². The molecule has 4 rings (SSSR count). The number of piperidine rings is 1. The number of aryl methyl sites for hydroxylation is 1. The molecule has 1 fully saturated rings. The Kier molecular flexibility index (Phi) is 8.14. The van der Waals surface area contributed by atoms with Gasteiger partial charge in [0, 0.05) is 34.9 Å². The van der Waals surface area contributed by atoms with Crippen molar-refractivity contribution in [3.05, 3.63) is 70.9 Å². The smallest absolute Gasteiger partial charge is 0.339 e. The number of benzene rings is 1. The van der Waals surface area contributed by atoms with Gasteiger partial charge in [0.25, 0.3) is 0 Å². The molecule has 0 amide bonds. The second-order valence-corrected chi connectivity index (χ2v) is 12.0. The SMILES string of the molecule is C=CC=CC1(C)CCN(c2c([C@H](OC(C)(C)C)C(=O)OC)c(C)nc3cc(-c4cccc(Br)c4)nn23)CC1. The van der Waals surface area contributed by atoms with Crippen LogP contribution >= 0.6 is 15.9 Å². The van der Waals surface area contributed by atoms with Gasteiger partial charge >= 0.3 is 5.97 Å². The fraction of sp³-hybridized carbons (Fsp3) is 0.433. The Bertz CT molecular complexity index is 1360. The highest BCUT2D eigenvalue weighted by molar-refractivity contribution is 9.10. The number of anilines is 1. The predicted molar refractivity (Wildman–Crippen MR) is 155 cm³/mol. The van der Waals surface area contributed by atoms with Gasteiger partial charge < -0.3 is 14.4 Å². The zero-order valence-corrected chi connectivity index (χ0v) is 24.7. The first-order valence-corrected chi connectivity index (χ1v) is 13.7. The number of carbonyl (C=O) groups is 1. The maximum atomic E-state index is 13.2. The van der Waals surface area contributed by atoms with Crippen LogP contribution in [0.4, 0.5) is 5.82 Å². The van der Waals surface area contributed by atoms with Gasteiger partial charge in [-0.15, -0.1) is 0 Å². The summed E-state index contributed by atoms with van der Waals surface area (Å²) < 4.78 is 14.4. The summed E-state index contributed by atoms with van der Waals surface area (Å²) >= 11 is 3.56. The molecule has 0 radical (unpaired) electrons. The number of ether oxygens (including phenoxy) is 2. The van der Waals surface area contributed by atoms with Crippen molar-refractivity contribution < 1.29 is 14.3 Å². The largest absolute Gasteiger partial charge is 0.467 e. The number of hydrogen-bond donors (Lipinski definition) is 0. The fourth-order valence-corrected chi connectivity index (χ4v) is 5.30. The number of fused-ring (bicyclic) bond motifs is 1. The van der Waals surface area contributed by atoms with Crippen molar-refractivity contribution in [3.63, 3.8) is 0 Å². The lowest BCUT2D eigenvalue weighted by Gasteiger charge is -2.40. The molecular formula is C30H37BrN4O3. The Hall–Kier alpha value is -2.97. The molecule has 1 atom stereocenters. The van der Waals surface area contributed by atoms with Crippen molar-refractivity contribution >= 4 is 33.4 Å². The van der Waals surface area contributed by atoms with Gasteiger partial charge in [0.15, 0.2) is 11.8 Å². The molecule has 1 aromatic carbocycles. The summed E-state index contributed by atoms with van der Waals surface area (Å²) in [6.07, 6.45) is 7.04. The minimum Gasteiger partial charge on any atom is -0.467 e. The standard InChI is InChI=1S/C30H37BrN4O3/c1-8-9-13-30(6)14-16-34(17-15-30)27-25(26(28(36)37-7)38-29(3,4)5)20(2)32-24-19-23(33-35(24)27)21-11-10-12-22(31)18-21/h8-13,18-19,26H,1,14-17H2,2-7H3/t26-/m0/s1. The Morgan fingerprint density at radius 3 is 2.55 bits per heavy atom. The molecule has 0 bridgehead atoms. The van der Waals surface area contributed by atoms with Crippen molar-refractivity contribution in [1.82, 2.24) is 14.6 Å². The number of hydrogen-bond acceptors (Lipinski definition) is 6. The van der Waals surface area contributed by atoms with Crippen molar-refractivity contribution in [3.8, 4) is 11.3 Å². The number of allylic oxidation sites excluding steroid dienone is 3. The van der Waals surface area contributed by atoms with E-state index < -0.39 is 17.7 Å². The second kappa shape index (κ2) is 11.0. The van der Waals surface area contributed by atoms with E-state index >= 15 is 0 Å². The lowest BCUT2D eigenvalue weighted by molar-refractivity contribution is -0.164. The van der Waals surface area contributed by atoms with Gasteiger partial charge in [-0.1, -0.05) is 59.8 Å². The minimum absolute atomic E-state index is 0.0707. The highest BCUT2D eigenvalue weighted by Crippen LogP contribution is 2.40. The maximum absolute atomic E-state index is 13.2. The summed E-state index contributed by atoms with van der Waals surface area (Å²) in [5.41, 5.74) is 3.39. The van der Waals surface area contributed by atoms with E-state index in [1.54, 1.807) is 0 Å². The van der Waals surface area contributed by atoms with Gasteiger partial charge in [-0.25, -0.2) is 9.78 Å². The molecule has 0 saturated carbocycles. The molecule has 0 aliphatic carbocycles. The molecular weight excluding hydrogens is 544 g/mol. The van der Waals surface area contributed by atoms with Crippen LogP contribution in [0.2, 0.25) is 0 Å². The first kappa shape index (κ1) is 28.0. The molecule has 3 heterocycles. The number of halogens is 1. The number of methoxy groups -OCH3 is 1. The third-order valence-corrected chi connectivity index (χ3v) is 7.41. The van der Waals surface area contributed by atoms with Crippen LogP contribution < -0.4 is 4.90 Å². The van der Waals surface area contributed by atoms with Crippen LogP contribution in [0.3, 0.4) is 0 Å². The number of carbonyl (C=O) groups excluding carboxylic acids is 1. The molecule has 1 aliphatic rings. The van der Waals surface area contributed by atoms with Gasteiger partial charge in [0.2, 0.25) is 0 Å². The highest BCUT2D eigenvalue weighted by Gasteiger charge is 2.37. The Labute approximate surface area is 233 Å². The normalized spacial score (nSPS) is 16.7. The van der Waals surface area contributed by atoms with Crippen molar-refractivity contribution in [1.29, 1.82) is 0 Å². The van der Waals surface area contributed by atoms with Gasteiger partial charge in [-0.3, -0.25) is 0 Å². The van der Waals surface area contributed by atoms with Crippen LogP contribution in [0.5, 0.6) is 0 Å². The highest BCUT2D eigenvalue weighted by atomic mass is 79.9. The zero-order chi connectivity index (χ0) is 27.7. The maximum Gasteiger partial charge on any atom is 0.339 e. The Morgan fingerprint density at radius 2 is 1.95 bits per heavy atom. The van der Waals surface area contributed by atoms with Crippen LogP contribution in [0.1, 0.15) is 57.9 Å². The van der Waals surface area contributed by atoms with Crippen LogP contribution in [0, 0.1) is 12.3 Å². The lowest BCUT2D eigenvalue weighted by atomic mass is 9.80. The molecule has 1 aliphatic heterocycles. The number of esters is 1. The molecule has 202 valence electrons. The van der Waals surface area contributed by atoms with Crippen LogP contribution in [-0.4, -0.2) is 46.4 Å². The average molecular weight is 582 g/mol. The third-order valence-electron chi connectivity index (χ3n) is 6.91. The average Bonchev–Trinajstić information content (AvgIpc) is 3.29. The van der Waals surface area contributed by atoms with Gasteiger partial charge in [-0.05, 0) is 58.1 Å². The summed E-state index contributed by atoms with van der Waals surface area (Å²) in [7, 11) is 1.39. The van der Waals surface area contributed by atoms with Crippen LogP contribution in [0.15, 0.2) is 59.6 Å². The van der Waals surface area contributed by atoms with Crippen LogP contribution in [0.25, 0.3) is 16.9 Å². The Morgan fingerprint density at radius 1 is 1.24 bits per heavy atom. The lowest BCUT2D eigenvalue weighted by Crippen LogP contribution is -2.40. The fourth-order valence-electron chi connectivity index (χ4n) is 4.90. The summed E-state index contributed by atoms with van der Waals surface area (Å²) in [6, 6.07) is 10.0. The summed E-state index contributed by atoms with van der Waals surface area (Å²) in [5.74, 6) is 0.365. The number of rotatable bonds is 7. The van der Waals surface area contributed by atoms with Gasteiger partial charge in [0.05, 0.1) is 24.0 Å². The quantitative estimate of drug-likeness (QED) is 0.225. The molecule has 0 N–H and O–H groups in total. The van der Waals surface area contributed by atoms with Crippen molar-refractivity contribution in [2.75, 3.05) is 25.1 Å². The van der Waals surface area contributed by atoms with Crippen molar-refractivity contribution in [2.45, 2.75) is 59.2 Å². The first-order chi connectivity index (χ1) is 17.9. The molecule has 0 spiro atoms. The van der Waals surface area contributed by atoms with E-state index in [-0.39, 0.29) is 5.41 Å². The van der Waals surface area contributed by atoms with Gasteiger partial charge in [0.1, 0.15) is 5.82 Å². The zero-order valence-electron chi connectivity index (χ0n) is 23.1. The first-order valence-electron chi connectivity index (χ1n) is 12.9. The second-order valence-electron chi connectivity index (χ2n) is 11.1. The predicted octanol–water partition coefficient (Wildman–Crippen LogP) is 6.85. The molecule has 0 unspecified atom stereocenters. The van der Waals surface area contributed by atoms with E-state index in [1.165, 1.54) is 7.11 Å². The van der Waals surface area contributed by atoms with E-state index in [9.17, 15) is 4.79 Å². The monoisotopic (exact) mass is 580 g/mol. The van der Waals surface area contributed by atoms with E-state index in [2.05, 4.69) is 40.4 Å². The molecule has 8 heteroatoms. The molecule has 3 aromatic rings. The number of nitrogens with zero attached hydrogens (tertiary/aromatic N) is 4. The summed E-state index contributed by atoms with van der Waals surface area (Å²) in [6.45, 7) is 15.4. The molecule has 1 saturated heterocycles. The van der Waals surface area contributed by atoms with E-state index in [0.29, 0.717) is 11.3 Å². The van der Waals surface area contributed by atoms with E-state index in [1.807, 2.05) is 74.7 Å². The minimum atomic E-state index is -0.945.